The van der Waals surface area contributed by atoms with Crippen LogP contribution in [0.15, 0.2) is 48.5 Å². The van der Waals surface area contributed by atoms with E-state index in [-0.39, 0.29) is 37.2 Å². The van der Waals surface area contributed by atoms with Gasteiger partial charge in [0.2, 0.25) is 29.5 Å². The third-order valence-electron chi connectivity index (χ3n) is 9.38. The number of carbonyl (C=O) groups is 6. The van der Waals surface area contributed by atoms with Crippen LogP contribution in [-0.4, -0.2) is 112 Å². The van der Waals surface area contributed by atoms with E-state index in [9.17, 15) is 44.1 Å². The van der Waals surface area contributed by atoms with Crippen LogP contribution < -0.4 is 43.8 Å². The van der Waals surface area contributed by atoms with Crippen molar-refractivity contribution in [2.75, 3.05) is 25.1 Å². The van der Waals surface area contributed by atoms with Gasteiger partial charge in [0.25, 0.3) is 0 Å². The molecule has 0 spiro atoms. The second-order valence-corrected chi connectivity index (χ2v) is 15.5. The molecule has 0 heterocycles. The highest BCUT2D eigenvalue weighted by molar-refractivity contribution is 7.98. The molecule has 0 bridgehead atoms. The summed E-state index contributed by atoms with van der Waals surface area (Å²) in [5.74, 6) is -4.77. The zero-order chi connectivity index (χ0) is 43.2. The van der Waals surface area contributed by atoms with Crippen molar-refractivity contribution in [3.05, 3.63) is 59.7 Å². The zero-order valence-corrected chi connectivity index (χ0v) is 34.4. The number of amides is 5. The summed E-state index contributed by atoms with van der Waals surface area (Å²) < 4.78 is 0. The topological polar surface area (TPSA) is 301 Å². The summed E-state index contributed by atoms with van der Waals surface area (Å²) >= 11 is 1.42. The SMILES string of the molecule is CSCC[C@H](NC(=O)[C@@H](NC(=O)[C@H](Cc1ccc(O)cc1)NC(=O)[C@H](Cc1ccc(O)cc1)NC(=O)[C@H](CCCCN)NC(=O)[C@@H](N)CCCCN)C(C)C)C(=O)O. The Hall–Kier alpha value is -4.91. The molecule has 6 atom stereocenters. The molecule has 5 amide bonds. The molecule has 0 unspecified atom stereocenters. The van der Waals surface area contributed by atoms with Crippen LogP contribution in [0.25, 0.3) is 0 Å². The molecular weight excluding hydrogens is 769 g/mol. The number of thioether (sulfide) groups is 1. The molecule has 0 aliphatic carbocycles. The number of phenols is 2. The highest BCUT2D eigenvalue weighted by Crippen LogP contribution is 2.15. The number of nitrogens with two attached hydrogens (primary N) is 3. The van der Waals surface area contributed by atoms with Gasteiger partial charge in [0.05, 0.1) is 6.04 Å². The average molecular weight is 831 g/mol. The largest absolute Gasteiger partial charge is 0.508 e. The summed E-state index contributed by atoms with van der Waals surface area (Å²) in [5, 5.41) is 42.8. The maximum atomic E-state index is 14.3. The van der Waals surface area contributed by atoms with Crippen molar-refractivity contribution < 1.29 is 44.1 Å². The Labute approximate surface area is 344 Å². The van der Waals surface area contributed by atoms with E-state index in [1.165, 1.54) is 36.0 Å². The maximum absolute atomic E-state index is 14.3. The Balaban J connectivity index is 2.46. The number of carboxylic acids is 1. The van der Waals surface area contributed by atoms with Gasteiger partial charge in [-0.15, -0.1) is 0 Å². The molecule has 0 aliphatic rings. The van der Waals surface area contributed by atoms with Gasteiger partial charge < -0.3 is 59.1 Å². The molecule has 58 heavy (non-hydrogen) atoms. The molecule has 0 saturated carbocycles. The van der Waals surface area contributed by atoms with E-state index < -0.39 is 77.7 Å². The summed E-state index contributed by atoms with van der Waals surface area (Å²) in [6.45, 7) is 4.15. The number of aromatic hydroxyl groups is 2. The molecule has 0 radical (unpaired) electrons. The molecule has 2 aromatic rings. The highest BCUT2D eigenvalue weighted by atomic mass is 32.2. The third-order valence-corrected chi connectivity index (χ3v) is 10.0. The summed E-state index contributed by atoms with van der Waals surface area (Å²) in [5.41, 5.74) is 18.5. The van der Waals surface area contributed by atoms with Crippen LogP contribution >= 0.6 is 11.8 Å². The zero-order valence-electron chi connectivity index (χ0n) is 33.6. The van der Waals surface area contributed by atoms with Crippen LogP contribution in [-0.2, 0) is 41.6 Å². The van der Waals surface area contributed by atoms with Gasteiger partial charge in [0.1, 0.15) is 41.7 Å². The first kappa shape index (κ1) is 49.2. The fourth-order valence-corrected chi connectivity index (χ4v) is 6.39. The molecule has 2 rings (SSSR count). The highest BCUT2D eigenvalue weighted by Gasteiger charge is 2.34. The van der Waals surface area contributed by atoms with Crippen molar-refractivity contribution in [3.63, 3.8) is 0 Å². The molecular formula is C40H62N8O9S. The molecule has 17 nitrogen and oxygen atoms in total. The van der Waals surface area contributed by atoms with E-state index in [1.807, 2.05) is 6.26 Å². The molecule has 0 aliphatic heterocycles. The number of phenolic OH excluding ortho intramolecular Hbond substituents is 2. The van der Waals surface area contributed by atoms with Crippen molar-refractivity contribution in [1.29, 1.82) is 0 Å². The fourth-order valence-electron chi connectivity index (χ4n) is 5.92. The number of rotatable bonds is 27. The Kier molecular flexibility index (Phi) is 22.2. The first-order valence-corrected chi connectivity index (χ1v) is 20.9. The van der Waals surface area contributed by atoms with Gasteiger partial charge in [-0.05, 0) is 105 Å². The smallest absolute Gasteiger partial charge is 0.326 e. The summed E-state index contributed by atoms with van der Waals surface area (Å²) in [7, 11) is 0. The second-order valence-electron chi connectivity index (χ2n) is 14.5. The maximum Gasteiger partial charge on any atom is 0.326 e. The van der Waals surface area contributed by atoms with Crippen LogP contribution in [0, 0.1) is 5.92 Å². The Bertz CT molecular complexity index is 1610. The van der Waals surface area contributed by atoms with Crippen molar-refractivity contribution >= 4 is 47.3 Å². The third kappa shape index (κ3) is 17.7. The summed E-state index contributed by atoms with van der Waals surface area (Å²) in [6.07, 6.45) is 4.68. The normalized spacial score (nSPS) is 14.3. The van der Waals surface area contributed by atoms with Crippen molar-refractivity contribution in [1.82, 2.24) is 26.6 Å². The van der Waals surface area contributed by atoms with Crippen LogP contribution in [0.5, 0.6) is 11.5 Å². The molecule has 18 heteroatoms. The van der Waals surface area contributed by atoms with Crippen LogP contribution in [0.3, 0.4) is 0 Å². The quantitative estimate of drug-likeness (QED) is 0.0544. The molecule has 0 saturated heterocycles. The minimum Gasteiger partial charge on any atom is -0.508 e. The van der Waals surface area contributed by atoms with Crippen LogP contribution in [0.1, 0.15) is 69.9 Å². The van der Waals surface area contributed by atoms with E-state index in [1.54, 1.807) is 38.1 Å². The number of hydrogen-bond donors (Lipinski definition) is 11. The molecule has 0 fully saturated rings. The van der Waals surface area contributed by atoms with E-state index in [2.05, 4.69) is 26.6 Å². The van der Waals surface area contributed by atoms with Gasteiger partial charge in [-0.2, -0.15) is 11.8 Å². The van der Waals surface area contributed by atoms with Gasteiger partial charge in [-0.3, -0.25) is 24.0 Å². The van der Waals surface area contributed by atoms with Gasteiger partial charge in [-0.1, -0.05) is 44.5 Å². The molecule has 2 aromatic carbocycles. The number of carboxylic acid groups (broad SMARTS) is 1. The lowest BCUT2D eigenvalue weighted by atomic mass is 9.99. The van der Waals surface area contributed by atoms with Crippen LogP contribution in [0.4, 0.5) is 0 Å². The summed E-state index contributed by atoms with van der Waals surface area (Å²) in [4.78, 5) is 80.6. The molecule has 14 N–H and O–H groups in total. The predicted molar refractivity (Wildman–Crippen MR) is 223 cm³/mol. The minimum absolute atomic E-state index is 0.0208. The van der Waals surface area contributed by atoms with E-state index >= 15 is 0 Å². The number of unbranched alkanes of at least 4 members (excludes halogenated alkanes) is 2. The van der Waals surface area contributed by atoms with Crippen molar-refractivity contribution in [3.8, 4) is 11.5 Å². The van der Waals surface area contributed by atoms with Crippen molar-refractivity contribution in [2.45, 2.75) is 108 Å². The molecule has 0 aromatic heterocycles. The number of benzene rings is 2. The van der Waals surface area contributed by atoms with E-state index in [0.717, 1.165) is 0 Å². The Morgan fingerprint density at radius 3 is 1.47 bits per heavy atom. The lowest BCUT2D eigenvalue weighted by Crippen LogP contribution is -2.60. The number of nitrogens with one attached hydrogen (secondary N) is 5. The first-order valence-electron chi connectivity index (χ1n) is 19.5. The monoisotopic (exact) mass is 830 g/mol. The van der Waals surface area contributed by atoms with Gasteiger partial charge in [0.15, 0.2) is 0 Å². The average Bonchev–Trinajstić information content (AvgIpc) is 3.18. The van der Waals surface area contributed by atoms with Crippen LogP contribution in [0.2, 0.25) is 0 Å². The van der Waals surface area contributed by atoms with E-state index in [0.29, 0.717) is 62.1 Å². The van der Waals surface area contributed by atoms with Gasteiger partial charge in [0, 0.05) is 12.8 Å². The minimum atomic E-state index is -1.33. The Morgan fingerprint density at radius 2 is 1.02 bits per heavy atom. The predicted octanol–water partition coefficient (Wildman–Crippen LogP) is 0.386. The Morgan fingerprint density at radius 1 is 0.586 bits per heavy atom. The standard InChI is InChI=1S/C40H62N8O9S/c1-24(2)34(39(55)45-31(40(56)57)18-21-58-3)48-38(54)33(23-26-12-16-28(50)17-13-26)47-37(53)32(22-25-10-14-27(49)15-11-25)46-36(52)30(9-5-7-20-42)44-35(51)29(43)8-4-6-19-41/h10-17,24,29-34,49-50H,4-9,18-23,41-43H2,1-3H3,(H,44,51)(H,45,55)(H,46,52)(H,47,53)(H,48,54)(H,56,57)/t29-,30-,31-,32-,33-,34-/m0/s1. The number of aliphatic carboxylic acids is 1. The van der Waals surface area contributed by atoms with Crippen molar-refractivity contribution in [2.24, 2.45) is 23.1 Å². The lowest BCUT2D eigenvalue weighted by molar-refractivity contribution is -0.142. The first-order chi connectivity index (χ1) is 27.6. The molecule has 322 valence electrons. The lowest BCUT2D eigenvalue weighted by Gasteiger charge is -2.28. The second kappa shape index (κ2) is 26.2. The van der Waals surface area contributed by atoms with E-state index in [4.69, 9.17) is 17.2 Å². The number of carbonyl (C=O) groups excluding carboxylic acids is 5. The van der Waals surface area contributed by atoms with Gasteiger partial charge >= 0.3 is 5.97 Å². The van der Waals surface area contributed by atoms with Gasteiger partial charge in [-0.25, -0.2) is 4.79 Å². The summed E-state index contributed by atoms with van der Waals surface area (Å²) in [6, 6.07) is 4.92. The fraction of sp³-hybridized carbons (Fsp3) is 0.550. The number of hydrogen-bond acceptors (Lipinski definition) is 12.